The van der Waals surface area contributed by atoms with Gasteiger partial charge in [-0.15, -0.1) is 0 Å². The molecule has 2 rings (SSSR count). The molecular weight excluding hydrogens is 254 g/mol. The first-order chi connectivity index (χ1) is 9.76. The van der Waals surface area contributed by atoms with Crippen LogP contribution in [0.4, 0.5) is 0 Å². The van der Waals surface area contributed by atoms with Gasteiger partial charge in [0.2, 0.25) is 5.91 Å². The van der Waals surface area contributed by atoms with E-state index in [-0.39, 0.29) is 5.91 Å². The number of piperidine rings is 1. The SMILES string of the molecule is COCCC(=O)N1CCC(c2ccccc2OC)CC1. The van der Waals surface area contributed by atoms with Gasteiger partial charge >= 0.3 is 0 Å². The van der Waals surface area contributed by atoms with Crippen molar-refractivity contribution in [2.24, 2.45) is 0 Å². The predicted molar refractivity (Wildman–Crippen MR) is 78.0 cm³/mol. The molecule has 1 aromatic carbocycles. The van der Waals surface area contributed by atoms with Gasteiger partial charge in [-0.1, -0.05) is 18.2 Å². The summed E-state index contributed by atoms with van der Waals surface area (Å²) in [6.07, 6.45) is 2.48. The van der Waals surface area contributed by atoms with E-state index in [0.717, 1.165) is 31.7 Å². The van der Waals surface area contributed by atoms with Gasteiger partial charge in [0.15, 0.2) is 0 Å². The third kappa shape index (κ3) is 3.51. The molecule has 1 saturated heterocycles. The molecule has 20 heavy (non-hydrogen) atoms. The molecule has 0 aliphatic carbocycles. The first kappa shape index (κ1) is 14.9. The summed E-state index contributed by atoms with van der Waals surface area (Å²) in [4.78, 5) is 13.9. The van der Waals surface area contributed by atoms with Crippen LogP contribution in [0.3, 0.4) is 0 Å². The minimum atomic E-state index is 0.199. The molecule has 0 atom stereocenters. The lowest BCUT2D eigenvalue weighted by Gasteiger charge is -2.32. The predicted octanol–water partition coefficient (Wildman–Crippen LogP) is 2.44. The number of carbonyl (C=O) groups excluding carboxylic acids is 1. The molecule has 0 spiro atoms. The molecule has 1 heterocycles. The van der Waals surface area contributed by atoms with Crippen molar-refractivity contribution < 1.29 is 14.3 Å². The third-order valence-corrected chi connectivity index (χ3v) is 3.95. The van der Waals surface area contributed by atoms with Crippen LogP contribution < -0.4 is 4.74 Å². The van der Waals surface area contributed by atoms with Crippen LogP contribution in [0.2, 0.25) is 0 Å². The van der Waals surface area contributed by atoms with E-state index in [0.29, 0.717) is 18.9 Å². The van der Waals surface area contributed by atoms with E-state index in [4.69, 9.17) is 9.47 Å². The molecule has 0 radical (unpaired) electrons. The van der Waals surface area contributed by atoms with Crippen LogP contribution >= 0.6 is 0 Å². The van der Waals surface area contributed by atoms with Crippen molar-refractivity contribution in [1.82, 2.24) is 4.90 Å². The van der Waals surface area contributed by atoms with Crippen molar-refractivity contribution in [1.29, 1.82) is 0 Å². The minimum absolute atomic E-state index is 0.199. The molecule has 1 amide bonds. The molecule has 1 aliphatic rings. The van der Waals surface area contributed by atoms with Crippen LogP contribution in [-0.2, 0) is 9.53 Å². The van der Waals surface area contributed by atoms with Crippen molar-refractivity contribution in [2.75, 3.05) is 33.9 Å². The first-order valence-corrected chi connectivity index (χ1v) is 7.16. The second-order valence-electron chi connectivity index (χ2n) is 5.14. The zero-order valence-electron chi connectivity index (χ0n) is 12.3. The Hall–Kier alpha value is -1.55. The standard InChI is InChI=1S/C16H23NO3/c1-19-12-9-16(18)17-10-7-13(8-11-17)14-5-3-4-6-15(14)20-2/h3-6,13H,7-12H2,1-2H3. The summed E-state index contributed by atoms with van der Waals surface area (Å²) in [7, 11) is 3.34. The highest BCUT2D eigenvalue weighted by molar-refractivity contribution is 5.76. The molecule has 1 aromatic rings. The topological polar surface area (TPSA) is 38.8 Å². The van der Waals surface area contributed by atoms with Crippen molar-refractivity contribution in [3.8, 4) is 5.75 Å². The zero-order valence-corrected chi connectivity index (χ0v) is 12.3. The number of carbonyl (C=O) groups is 1. The molecule has 4 heteroatoms. The third-order valence-electron chi connectivity index (χ3n) is 3.95. The van der Waals surface area contributed by atoms with Gasteiger partial charge in [-0.2, -0.15) is 0 Å². The van der Waals surface area contributed by atoms with Gasteiger partial charge in [-0.25, -0.2) is 0 Å². The number of amides is 1. The molecule has 0 N–H and O–H groups in total. The van der Waals surface area contributed by atoms with Crippen LogP contribution in [0.1, 0.15) is 30.7 Å². The number of likely N-dealkylation sites (tertiary alicyclic amines) is 1. The average molecular weight is 277 g/mol. The fourth-order valence-electron chi connectivity index (χ4n) is 2.79. The maximum absolute atomic E-state index is 11.9. The molecule has 0 unspecified atom stereocenters. The first-order valence-electron chi connectivity index (χ1n) is 7.16. The Balaban J connectivity index is 1.92. The Labute approximate surface area is 120 Å². The van der Waals surface area contributed by atoms with Crippen LogP contribution in [0.5, 0.6) is 5.75 Å². The van der Waals surface area contributed by atoms with Gasteiger partial charge in [0.25, 0.3) is 0 Å². The fraction of sp³-hybridized carbons (Fsp3) is 0.562. The largest absolute Gasteiger partial charge is 0.496 e. The molecule has 1 aliphatic heterocycles. The van der Waals surface area contributed by atoms with Crippen LogP contribution in [-0.4, -0.2) is 44.7 Å². The monoisotopic (exact) mass is 277 g/mol. The summed E-state index contributed by atoms with van der Waals surface area (Å²) in [5, 5.41) is 0. The number of benzene rings is 1. The fourth-order valence-corrected chi connectivity index (χ4v) is 2.79. The maximum atomic E-state index is 11.9. The second kappa shape index (κ2) is 7.29. The highest BCUT2D eigenvalue weighted by atomic mass is 16.5. The van der Waals surface area contributed by atoms with E-state index in [1.807, 2.05) is 23.1 Å². The minimum Gasteiger partial charge on any atom is -0.496 e. The lowest BCUT2D eigenvalue weighted by molar-refractivity contribution is -0.133. The summed E-state index contributed by atoms with van der Waals surface area (Å²) in [5.41, 5.74) is 1.26. The summed E-state index contributed by atoms with van der Waals surface area (Å²) in [6, 6.07) is 8.18. The van der Waals surface area contributed by atoms with E-state index >= 15 is 0 Å². The van der Waals surface area contributed by atoms with Crippen molar-refractivity contribution >= 4 is 5.91 Å². The van der Waals surface area contributed by atoms with E-state index < -0.39 is 0 Å². The molecule has 110 valence electrons. The summed E-state index contributed by atoms with van der Waals surface area (Å²) < 4.78 is 10.4. The lowest BCUT2D eigenvalue weighted by atomic mass is 9.88. The van der Waals surface area contributed by atoms with Gasteiger partial charge in [0.1, 0.15) is 5.75 Å². The number of ether oxygens (including phenoxy) is 2. The number of nitrogens with zero attached hydrogens (tertiary/aromatic N) is 1. The van der Waals surface area contributed by atoms with E-state index in [1.54, 1.807) is 14.2 Å². The Kier molecular flexibility index (Phi) is 5.41. The Morgan fingerprint density at radius 2 is 1.95 bits per heavy atom. The lowest BCUT2D eigenvalue weighted by Crippen LogP contribution is -2.38. The van der Waals surface area contributed by atoms with Crippen molar-refractivity contribution in [3.63, 3.8) is 0 Å². The molecular formula is C16H23NO3. The second-order valence-corrected chi connectivity index (χ2v) is 5.14. The molecule has 4 nitrogen and oxygen atoms in total. The van der Waals surface area contributed by atoms with E-state index in [1.165, 1.54) is 5.56 Å². The zero-order chi connectivity index (χ0) is 14.4. The maximum Gasteiger partial charge on any atom is 0.224 e. The molecule has 0 saturated carbocycles. The quantitative estimate of drug-likeness (QED) is 0.829. The van der Waals surface area contributed by atoms with E-state index in [9.17, 15) is 4.79 Å². The summed E-state index contributed by atoms with van der Waals surface area (Å²) >= 11 is 0. The number of hydrogen-bond acceptors (Lipinski definition) is 3. The van der Waals surface area contributed by atoms with Gasteiger partial charge in [0, 0.05) is 20.2 Å². The van der Waals surface area contributed by atoms with Gasteiger partial charge in [0.05, 0.1) is 20.1 Å². The Bertz CT molecular complexity index is 439. The highest BCUT2D eigenvalue weighted by Crippen LogP contribution is 2.34. The van der Waals surface area contributed by atoms with Crippen molar-refractivity contribution in [3.05, 3.63) is 29.8 Å². The summed E-state index contributed by atoms with van der Waals surface area (Å²) in [5.74, 6) is 1.64. The summed E-state index contributed by atoms with van der Waals surface area (Å²) in [6.45, 7) is 2.15. The van der Waals surface area contributed by atoms with Crippen LogP contribution in [0, 0.1) is 0 Å². The van der Waals surface area contributed by atoms with Crippen LogP contribution in [0.15, 0.2) is 24.3 Å². The number of rotatable bonds is 5. The normalized spacial score (nSPS) is 16.2. The highest BCUT2D eigenvalue weighted by Gasteiger charge is 2.25. The van der Waals surface area contributed by atoms with Gasteiger partial charge in [-0.05, 0) is 30.4 Å². The molecule has 0 bridgehead atoms. The van der Waals surface area contributed by atoms with Gasteiger partial charge < -0.3 is 14.4 Å². The number of methoxy groups -OCH3 is 2. The number of para-hydroxylation sites is 1. The van der Waals surface area contributed by atoms with Crippen LogP contribution in [0.25, 0.3) is 0 Å². The molecule has 1 fully saturated rings. The van der Waals surface area contributed by atoms with E-state index in [2.05, 4.69) is 6.07 Å². The van der Waals surface area contributed by atoms with Crippen molar-refractivity contribution in [2.45, 2.75) is 25.2 Å². The average Bonchev–Trinajstić information content (AvgIpc) is 2.52. The smallest absolute Gasteiger partial charge is 0.224 e. The molecule has 0 aromatic heterocycles. The number of hydrogen-bond donors (Lipinski definition) is 0. The van der Waals surface area contributed by atoms with Gasteiger partial charge in [-0.3, -0.25) is 4.79 Å². The Morgan fingerprint density at radius 3 is 2.60 bits per heavy atom. The Morgan fingerprint density at radius 1 is 1.25 bits per heavy atom.